The van der Waals surface area contributed by atoms with Crippen LogP contribution in [0.5, 0.6) is 0 Å². The highest BCUT2D eigenvalue weighted by atomic mass is 33.5. The summed E-state index contributed by atoms with van der Waals surface area (Å²) in [7, 11) is 38.1. The minimum Gasteiger partial charge on any atom is -0.330 e. The number of piperidine rings is 2. The number of aryl methyl sites for hydroxylation is 1. The summed E-state index contributed by atoms with van der Waals surface area (Å²) in [4.78, 5) is 75.3. The molecule has 2 saturated heterocycles. The first-order valence-electron chi connectivity index (χ1n) is 20.8. The second-order valence-electron chi connectivity index (χ2n) is 14.1. The van der Waals surface area contributed by atoms with E-state index in [9.17, 15) is 28.8 Å². The maximum atomic E-state index is 12.7. The lowest BCUT2D eigenvalue weighted by Crippen LogP contribution is -2.52. The van der Waals surface area contributed by atoms with Gasteiger partial charge in [-0.3, -0.25) is 39.4 Å². The van der Waals surface area contributed by atoms with Crippen molar-refractivity contribution in [2.45, 2.75) is 103 Å². The first-order valence-corrected chi connectivity index (χ1v) is 51.4. The zero-order valence-electron chi connectivity index (χ0n) is 37.2. The molecule has 6 rings (SSSR count). The van der Waals surface area contributed by atoms with E-state index in [-0.39, 0.29) is 48.3 Å². The van der Waals surface area contributed by atoms with E-state index in [0.717, 1.165) is 61.6 Å². The van der Waals surface area contributed by atoms with Crippen LogP contribution in [0.15, 0.2) is 36.4 Å². The lowest BCUT2D eigenvalue weighted by molar-refractivity contribution is -0.138. The number of benzene rings is 2. The van der Waals surface area contributed by atoms with Crippen molar-refractivity contribution in [3.8, 4) is 11.8 Å². The Labute approximate surface area is 491 Å². The number of fused-ring (bicyclic) bond motifs is 2. The standard InChI is InChI=1S/C19H20N2O3.C18H23N3O3.S24/c1-2-3-4-5-7-13-8-6-9-14-15(13)12-21(19(14)24)16-10-11-17(22)20-18(16)23;19-10-3-1-2-5-12-6-4-7-13-14(12)11-21(18(13)24)15-8-9-16(22)20-17(15)23;1-3-5-7-9-11-13-15-17-19-21-23-24-22-20-18-16-14-12-10-8-6-4-2/h6,8-9,16H,2-4,10-12H2,1H3,(H,20,22,23);4,6-7,15H,1-3,5,8-11,19H2,(H,20,22,23);. The predicted octanol–water partition coefficient (Wildman–Crippen LogP) is 3.05. The molecule has 11 nitrogen and oxygen atoms in total. The molecular formula is C37H43N5O6S24. The second kappa shape index (κ2) is 39.8. The van der Waals surface area contributed by atoms with Gasteiger partial charge in [0.15, 0.2) is 0 Å². The molecule has 2 fully saturated rings. The Bertz CT molecular complexity index is 3430. The van der Waals surface area contributed by atoms with Crippen LogP contribution in [-0.4, -0.2) is 63.9 Å². The third-order valence-corrected chi connectivity index (χ3v) is 56.5. The number of carbonyl (C=O) groups is 6. The van der Waals surface area contributed by atoms with Gasteiger partial charge >= 0.3 is 0 Å². The molecule has 2 aromatic rings. The fourth-order valence-electron chi connectivity index (χ4n) is 6.87. The van der Waals surface area contributed by atoms with E-state index in [1.54, 1.807) is 158 Å². The Morgan fingerprint density at radius 3 is 1.43 bits per heavy atom. The highest BCUT2D eigenvalue weighted by Gasteiger charge is 2.41. The Kier molecular flexibility index (Phi) is 35.9. The monoisotopic (exact) mass is 1420 g/mol. The van der Waals surface area contributed by atoms with E-state index >= 15 is 0 Å². The van der Waals surface area contributed by atoms with Crippen molar-refractivity contribution in [3.63, 3.8) is 0 Å². The van der Waals surface area contributed by atoms with Crippen LogP contribution in [0.1, 0.15) is 114 Å². The molecule has 2 atom stereocenters. The molecule has 4 aliphatic heterocycles. The molecular weight excluding hydrogens is 1380 g/mol. The minimum absolute atomic E-state index is 0.108. The molecule has 396 valence electrons. The first kappa shape index (κ1) is 65.0. The number of carbonyl (C=O) groups excluding carboxylic acids is 6. The van der Waals surface area contributed by atoms with Crippen LogP contribution in [-0.2, 0) is 256 Å². The second-order valence-corrected chi connectivity index (χ2v) is 53.0. The molecule has 0 aromatic heterocycles. The number of imide groups is 2. The maximum absolute atomic E-state index is 12.7. The van der Waals surface area contributed by atoms with Gasteiger partial charge < -0.3 is 15.5 Å². The summed E-state index contributed by atoms with van der Waals surface area (Å²) in [5.41, 5.74) is 10.8. The van der Waals surface area contributed by atoms with Crippen LogP contribution in [0.2, 0.25) is 0 Å². The molecule has 0 bridgehead atoms. The average molecular weight is 1420 g/mol. The van der Waals surface area contributed by atoms with E-state index in [4.69, 9.17) is 28.1 Å². The first-order chi connectivity index (χ1) is 35.1. The molecule has 0 aliphatic carbocycles. The highest BCUT2D eigenvalue weighted by Crippen LogP contribution is 2.31. The van der Waals surface area contributed by atoms with E-state index in [1.807, 2.05) is 59.8 Å². The van der Waals surface area contributed by atoms with Crippen molar-refractivity contribution in [2.75, 3.05) is 6.54 Å². The van der Waals surface area contributed by atoms with Crippen LogP contribution in [0, 0.1) is 11.8 Å². The Morgan fingerprint density at radius 1 is 0.569 bits per heavy atom. The summed E-state index contributed by atoms with van der Waals surface area (Å²) >= 11 is 9.54. The zero-order chi connectivity index (χ0) is 51.8. The maximum Gasteiger partial charge on any atom is 0.255 e. The summed E-state index contributed by atoms with van der Waals surface area (Å²) in [5, 5.41) is 4.65. The fraction of sp³-hybridized carbons (Fsp3) is 0.459. The van der Waals surface area contributed by atoms with Gasteiger partial charge in [-0.1, -0.05) is 49.8 Å². The van der Waals surface area contributed by atoms with E-state index in [0.29, 0.717) is 43.6 Å². The van der Waals surface area contributed by atoms with Crippen molar-refractivity contribution in [1.29, 1.82) is 0 Å². The molecule has 72 heavy (non-hydrogen) atoms. The van der Waals surface area contributed by atoms with Gasteiger partial charge in [0.05, 0.1) is 0 Å². The predicted molar refractivity (Wildman–Crippen MR) is 355 cm³/mol. The third-order valence-electron chi connectivity index (χ3n) is 9.87. The SMILES string of the molecule is CCCCC#Cc1cccc2c1CN(C1CCC(=O)NC1=O)C2=O.NCCCCCc1cccc2c1CN(C1CCC(=O)NC1=O)C2=O.S=S=S=S=S=S=S=S=S=S=S=S=S=S=S=S=S=S=S=S=S=S=S=S. The number of nitrogens with one attached hydrogen (secondary N) is 2. The van der Waals surface area contributed by atoms with E-state index in [1.165, 1.54) is 23.3 Å². The Balaban J connectivity index is 0.000000234. The normalized spacial score (nSPS) is 15.8. The Hall–Kier alpha value is 0.460. The van der Waals surface area contributed by atoms with Crippen molar-refractivity contribution in [3.05, 3.63) is 69.8 Å². The van der Waals surface area contributed by atoms with Gasteiger partial charge in [-0.2, -0.15) is 0 Å². The van der Waals surface area contributed by atoms with Gasteiger partial charge in [0.1, 0.15) is 12.1 Å². The number of nitrogens with zero attached hydrogens (tertiary/aromatic N) is 2. The summed E-state index contributed by atoms with van der Waals surface area (Å²) in [6.07, 6.45) is 8.36. The molecule has 2 aromatic carbocycles. The number of hydrogen-bond donors (Lipinski definition) is 3. The quantitative estimate of drug-likeness (QED) is 0.195. The van der Waals surface area contributed by atoms with Crippen molar-refractivity contribution < 1.29 is 28.8 Å². The van der Waals surface area contributed by atoms with Crippen molar-refractivity contribution >= 4 is 253 Å². The molecule has 2 unspecified atom stereocenters. The minimum atomic E-state index is -0.580. The summed E-state index contributed by atoms with van der Waals surface area (Å²) in [5.74, 6) is 4.76. The molecule has 4 aliphatic rings. The smallest absolute Gasteiger partial charge is 0.255 e. The van der Waals surface area contributed by atoms with Crippen LogP contribution in [0.25, 0.3) is 0 Å². The van der Waals surface area contributed by atoms with Gasteiger partial charge in [0, 0.05) is 267 Å². The largest absolute Gasteiger partial charge is 0.330 e. The van der Waals surface area contributed by atoms with Crippen molar-refractivity contribution in [1.82, 2.24) is 20.4 Å². The van der Waals surface area contributed by atoms with E-state index in [2.05, 4.69) is 35.5 Å². The van der Waals surface area contributed by atoms with Crippen LogP contribution in [0.3, 0.4) is 0 Å². The lowest BCUT2D eigenvalue weighted by Gasteiger charge is -2.29. The summed E-state index contributed by atoms with van der Waals surface area (Å²) in [6, 6.07) is 10.2. The molecule has 0 saturated carbocycles. The lowest BCUT2D eigenvalue weighted by atomic mass is 9.98. The van der Waals surface area contributed by atoms with Gasteiger partial charge in [-0.25, -0.2) is 0 Å². The van der Waals surface area contributed by atoms with E-state index < -0.39 is 12.1 Å². The van der Waals surface area contributed by atoms with Crippen LogP contribution < -0.4 is 16.4 Å². The number of unbranched alkanes of at least 4 members (excludes halogenated alkanes) is 4. The Morgan fingerprint density at radius 2 is 1.00 bits per heavy atom. The molecule has 4 heterocycles. The molecule has 6 amide bonds. The summed E-state index contributed by atoms with van der Waals surface area (Å²) < 4.78 is 0. The molecule has 0 spiro atoms. The summed E-state index contributed by atoms with van der Waals surface area (Å²) in [6.45, 7) is 3.65. The van der Waals surface area contributed by atoms with Gasteiger partial charge in [0.2, 0.25) is 23.6 Å². The number of amides is 6. The van der Waals surface area contributed by atoms with Crippen LogP contribution >= 0.6 is 0 Å². The molecule has 4 N–H and O–H groups in total. The van der Waals surface area contributed by atoms with Crippen LogP contribution in [0.4, 0.5) is 0 Å². The number of rotatable bonds is 9. The number of hydrogen-bond acceptors (Lipinski definition) is 9. The van der Waals surface area contributed by atoms with Gasteiger partial charge in [0.25, 0.3) is 11.8 Å². The fourth-order valence-corrected chi connectivity index (χ4v) is 61.8. The van der Waals surface area contributed by atoms with Gasteiger partial charge in [-0.05, 0) is 80.0 Å². The average Bonchev–Trinajstić information content (AvgIpc) is 3.90. The topological polar surface area (TPSA) is 159 Å². The van der Waals surface area contributed by atoms with Crippen molar-refractivity contribution in [2.24, 2.45) is 5.73 Å². The molecule has 0 radical (unpaired) electrons. The highest BCUT2D eigenvalue weighted by molar-refractivity contribution is 8.79. The molecule has 35 heteroatoms. The van der Waals surface area contributed by atoms with Gasteiger partial charge in [-0.15, -0.1) is 0 Å². The number of nitrogens with two attached hydrogens (primary N) is 1. The third kappa shape index (κ3) is 23.8. The zero-order valence-corrected chi connectivity index (χ0v) is 56.8.